The monoisotopic (exact) mass is 521 g/mol. The number of anilines is 1. The fourth-order valence-corrected chi connectivity index (χ4v) is 5.47. The molecule has 5 aromatic rings. The Morgan fingerprint density at radius 3 is 1.89 bits per heavy atom. The first-order chi connectivity index (χ1) is 18.5. The highest BCUT2D eigenvalue weighted by molar-refractivity contribution is 7.89. The lowest BCUT2D eigenvalue weighted by atomic mass is 10.0. The molecular formula is C31H27N3O3S. The highest BCUT2D eigenvalue weighted by atomic mass is 32.2. The van der Waals surface area contributed by atoms with Crippen molar-refractivity contribution in [2.24, 2.45) is 0 Å². The van der Waals surface area contributed by atoms with Crippen LogP contribution in [0.15, 0.2) is 133 Å². The molecule has 0 bridgehead atoms. The fourth-order valence-electron chi connectivity index (χ4n) is 4.06. The van der Waals surface area contributed by atoms with E-state index in [4.69, 9.17) is 10.5 Å². The molecule has 0 aliphatic carbocycles. The Morgan fingerprint density at radius 1 is 0.658 bits per heavy atom. The lowest BCUT2D eigenvalue weighted by molar-refractivity contribution is 0.400. The minimum atomic E-state index is -3.82. The van der Waals surface area contributed by atoms with Crippen molar-refractivity contribution in [3.05, 3.63) is 139 Å². The number of benzene rings is 4. The zero-order chi connectivity index (χ0) is 26.4. The van der Waals surface area contributed by atoms with Crippen molar-refractivity contribution in [3.8, 4) is 22.6 Å². The van der Waals surface area contributed by atoms with E-state index in [0.717, 1.165) is 22.3 Å². The normalized spacial score (nSPS) is 11.4. The SMILES string of the molecule is Nc1ccc(-c2ccc(CN(Cc3cccnc3)S(=O)(=O)c3ccc(Oc4ccccc4)cc3)cc2)cc1. The molecule has 7 heteroatoms. The largest absolute Gasteiger partial charge is 0.457 e. The molecule has 6 nitrogen and oxygen atoms in total. The molecule has 1 aromatic heterocycles. The second-order valence-electron chi connectivity index (χ2n) is 8.84. The molecule has 0 unspecified atom stereocenters. The molecule has 0 saturated carbocycles. The number of sulfonamides is 1. The zero-order valence-electron chi connectivity index (χ0n) is 20.6. The van der Waals surface area contributed by atoms with Crippen LogP contribution in [-0.2, 0) is 23.1 Å². The second-order valence-corrected chi connectivity index (χ2v) is 10.8. The molecule has 1 heterocycles. The van der Waals surface area contributed by atoms with Gasteiger partial charge in [-0.25, -0.2) is 8.42 Å². The molecule has 0 atom stereocenters. The van der Waals surface area contributed by atoms with E-state index in [2.05, 4.69) is 4.98 Å². The number of ether oxygens (including phenoxy) is 1. The predicted molar refractivity (Wildman–Crippen MR) is 150 cm³/mol. The van der Waals surface area contributed by atoms with Gasteiger partial charge < -0.3 is 10.5 Å². The maximum atomic E-state index is 13.8. The van der Waals surface area contributed by atoms with Crippen LogP contribution >= 0.6 is 0 Å². The van der Waals surface area contributed by atoms with Crippen molar-refractivity contribution in [1.29, 1.82) is 0 Å². The molecule has 38 heavy (non-hydrogen) atoms. The Kier molecular flexibility index (Phi) is 7.49. The van der Waals surface area contributed by atoms with Crippen LogP contribution in [0.2, 0.25) is 0 Å². The highest BCUT2D eigenvalue weighted by Gasteiger charge is 2.25. The van der Waals surface area contributed by atoms with Gasteiger partial charge >= 0.3 is 0 Å². The summed E-state index contributed by atoms with van der Waals surface area (Å²) in [6, 6.07) is 35.1. The van der Waals surface area contributed by atoms with Crippen LogP contribution in [0, 0.1) is 0 Å². The zero-order valence-corrected chi connectivity index (χ0v) is 21.5. The number of pyridine rings is 1. The minimum absolute atomic E-state index is 0.193. The molecule has 0 aliphatic rings. The Labute approximate surface area is 223 Å². The number of para-hydroxylation sites is 1. The van der Waals surface area contributed by atoms with Gasteiger partial charge in [0.05, 0.1) is 4.90 Å². The molecule has 2 N–H and O–H groups in total. The van der Waals surface area contributed by atoms with Gasteiger partial charge in [0.2, 0.25) is 10.0 Å². The summed E-state index contributed by atoms with van der Waals surface area (Å²) < 4.78 is 34.9. The molecule has 0 saturated heterocycles. The highest BCUT2D eigenvalue weighted by Crippen LogP contribution is 2.27. The van der Waals surface area contributed by atoms with E-state index in [0.29, 0.717) is 17.2 Å². The van der Waals surface area contributed by atoms with E-state index in [9.17, 15) is 8.42 Å². The third-order valence-electron chi connectivity index (χ3n) is 6.08. The first kappa shape index (κ1) is 25.2. The fraction of sp³-hybridized carbons (Fsp3) is 0.0645. The average Bonchev–Trinajstić information content (AvgIpc) is 2.95. The lowest BCUT2D eigenvalue weighted by Crippen LogP contribution is -2.30. The summed E-state index contributed by atoms with van der Waals surface area (Å²) in [4.78, 5) is 4.35. The van der Waals surface area contributed by atoms with E-state index in [1.165, 1.54) is 4.31 Å². The summed E-state index contributed by atoms with van der Waals surface area (Å²) in [6.07, 6.45) is 3.35. The molecule has 0 aliphatic heterocycles. The quantitative estimate of drug-likeness (QED) is 0.223. The molecule has 190 valence electrons. The lowest BCUT2D eigenvalue weighted by Gasteiger charge is -2.23. The summed E-state index contributed by atoms with van der Waals surface area (Å²) in [5, 5.41) is 0. The summed E-state index contributed by atoms with van der Waals surface area (Å²) in [5.41, 5.74) is 10.3. The molecule has 0 fully saturated rings. The Bertz CT molecular complexity index is 1570. The van der Waals surface area contributed by atoms with Gasteiger partial charge in [0, 0.05) is 31.2 Å². The van der Waals surface area contributed by atoms with Crippen LogP contribution in [0.25, 0.3) is 11.1 Å². The summed E-state index contributed by atoms with van der Waals surface area (Å²) in [7, 11) is -3.82. The van der Waals surface area contributed by atoms with E-state index >= 15 is 0 Å². The van der Waals surface area contributed by atoms with E-state index < -0.39 is 10.0 Å². The van der Waals surface area contributed by atoms with Crippen molar-refractivity contribution in [3.63, 3.8) is 0 Å². The van der Waals surface area contributed by atoms with Crippen molar-refractivity contribution < 1.29 is 13.2 Å². The van der Waals surface area contributed by atoms with Crippen molar-refractivity contribution in [2.75, 3.05) is 5.73 Å². The van der Waals surface area contributed by atoms with Gasteiger partial charge in [-0.05, 0) is 76.9 Å². The Hall–Kier alpha value is -4.46. The molecule has 5 rings (SSSR count). The van der Waals surface area contributed by atoms with Gasteiger partial charge in [-0.15, -0.1) is 0 Å². The van der Waals surface area contributed by atoms with Gasteiger partial charge in [0.1, 0.15) is 11.5 Å². The standard InChI is InChI=1S/C31H27N3O3S/c32-28-14-12-27(13-15-28)26-10-8-24(9-11-26)22-34(23-25-5-4-20-33-21-25)38(35,36)31-18-16-30(17-19-31)37-29-6-2-1-3-7-29/h1-21H,22-23,32H2. The van der Waals surface area contributed by atoms with E-state index in [-0.39, 0.29) is 18.0 Å². The minimum Gasteiger partial charge on any atom is -0.457 e. The van der Waals surface area contributed by atoms with Crippen LogP contribution in [-0.4, -0.2) is 17.7 Å². The van der Waals surface area contributed by atoms with E-state index in [1.807, 2.05) is 84.9 Å². The first-order valence-electron chi connectivity index (χ1n) is 12.1. The van der Waals surface area contributed by atoms with Gasteiger partial charge in [0.25, 0.3) is 0 Å². The number of nitrogen functional groups attached to an aromatic ring is 1. The average molecular weight is 522 g/mol. The summed E-state index contributed by atoms with van der Waals surface area (Å²) >= 11 is 0. The van der Waals surface area contributed by atoms with Crippen LogP contribution in [0.4, 0.5) is 5.69 Å². The van der Waals surface area contributed by atoms with Gasteiger partial charge in [-0.2, -0.15) is 4.31 Å². The number of hydrogen-bond donors (Lipinski definition) is 1. The summed E-state index contributed by atoms with van der Waals surface area (Å²) in [5.74, 6) is 1.25. The van der Waals surface area contributed by atoms with Crippen molar-refractivity contribution >= 4 is 15.7 Å². The molecule has 0 amide bonds. The van der Waals surface area contributed by atoms with Gasteiger partial charge in [0.15, 0.2) is 0 Å². The van der Waals surface area contributed by atoms with Crippen LogP contribution < -0.4 is 10.5 Å². The Balaban J connectivity index is 1.39. The number of rotatable bonds is 9. The van der Waals surface area contributed by atoms with E-state index in [1.54, 1.807) is 42.7 Å². The van der Waals surface area contributed by atoms with Crippen LogP contribution in [0.1, 0.15) is 11.1 Å². The second kappa shape index (κ2) is 11.3. The first-order valence-corrected chi connectivity index (χ1v) is 13.6. The van der Waals surface area contributed by atoms with Crippen LogP contribution in [0.5, 0.6) is 11.5 Å². The maximum Gasteiger partial charge on any atom is 0.243 e. The predicted octanol–water partition coefficient (Wildman–Crippen LogP) is 6.51. The molecular weight excluding hydrogens is 494 g/mol. The van der Waals surface area contributed by atoms with Crippen LogP contribution in [0.3, 0.4) is 0 Å². The van der Waals surface area contributed by atoms with Gasteiger partial charge in [-0.1, -0.05) is 60.7 Å². The molecule has 0 radical (unpaired) electrons. The number of hydrogen-bond acceptors (Lipinski definition) is 5. The summed E-state index contributed by atoms with van der Waals surface area (Å²) in [6.45, 7) is 0.402. The van der Waals surface area contributed by atoms with Crippen molar-refractivity contribution in [2.45, 2.75) is 18.0 Å². The maximum absolute atomic E-state index is 13.8. The van der Waals surface area contributed by atoms with Gasteiger partial charge in [-0.3, -0.25) is 4.98 Å². The van der Waals surface area contributed by atoms with Crippen molar-refractivity contribution in [1.82, 2.24) is 9.29 Å². The number of nitrogens with two attached hydrogens (primary N) is 1. The third-order valence-corrected chi connectivity index (χ3v) is 7.88. The third kappa shape index (κ3) is 6.08. The molecule has 0 spiro atoms. The smallest absolute Gasteiger partial charge is 0.243 e. The number of aromatic nitrogens is 1. The Morgan fingerprint density at radius 2 is 1.26 bits per heavy atom. The molecule has 4 aromatic carbocycles. The number of nitrogens with zero attached hydrogens (tertiary/aromatic N) is 2. The topological polar surface area (TPSA) is 85.5 Å².